The minimum atomic E-state index is -1.42. The maximum atomic E-state index is 5.90. The number of hydrogen-bond acceptors (Lipinski definition) is 6. The van der Waals surface area contributed by atoms with Gasteiger partial charge in [-0.15, -0.1) is 0 Å². The zero-order valence-electron chi connectivity index (χ0n) is 18.4. The molecule has 0 bridgehead atoms. The average molecular weight is 429 g/mol. The van der Waals surface area contributed by atoms with Crippen LogP contribution in [0.4, 0.5) is 0 Å². The molecule has 4 rings (SSSR count). The molecule has 0 unspecified atom stereocenters. The van der Waals surface area contributed by atoms with Crippen LogP contribution in [-0.2, 0) is 41.6 Å². The molecule has 0 radical (unpaired) electrons. The van der Waals surface area contributed by atoms with Crippen molar-refractivity contribution in [2.75, 3.05) is 39.6 Å². The molecule has 2 saturated heterocycles. The van der Waals surface area contributed by atoms with Gasteiger partial charge in [0.25, 0.3) is 0 Å². The Balaban J connectivity index is 1.19. The van der Waals surface area contributed by atoms with Gasteiger partial charge in [0.05, 0.1) is 52.9 Å². The second-order valence-electron chi connectivity index (χ2n) is 9.23. The van der Waals surface area contributed by atoms with E-state index in [4.69, 9.17) is 28.4 Å². The fourth-order valence-corrected chi connectivity index (χ4v) is 3.53. The second-order valence-corrected chi connectivity index (χ2v) is 9.23. The minimum Gasteiger partial charge on any atom is -0.376 e. The Morgan fingerprint density at radius 1 is 0.613 bits per heavy atom. The van der Waals surface area contributed by atoms with Gasteiger partial charge in [-0.1, -0.05) is 74.5 Å². The van der Waals surface area contributed by atoms with E-state index in [1.165, 1.54) is 0 Å². The van der Waals surface area contributed by atoms with Gasteiger partial charge in [-0.05, 0) is 11.1 Å². The van der Waals surface area contributed by atoms with Crippen molar-refractivity contribution in [3.05, 3.63) is 71.8 Å². The summed E-state index contributed by atoms with van der Waals surface area (Å²) in [6.07, 6.45) is -1.42. The fourth-order valence-electron chi connectivity index (χ4n) is 3.53. The van der Waals surface area contributed by atoms with Crippen LogP contribution in [0.3, 0.4) is 0 Å². The summed E-state index contributed by atoms with van der Waals surface area (Å²) < 4.78 is 35.4. The Morgan fingerprint density at radius 2 is 0.968 bits per heavy atom. The van der Waals surface area contributed by atoms with Crippen molar-refractivity contribution >= 4 is 0 Å². The quantitative estimate of drug-likeness (QED) is 0.630. The molecule has 0 saturated carbocycles. The Bertz CT molecular complexity index is 720. The van der Waals surface area contributed by atoms with E-state index < -0.39 is 6.16 Å². The normalized spacial score (nSPS) is 31.0. The molecule has 2 aliphatic rings. The van der Waals surface area contributed by atoms with Crippen molar-refractivity contribution in [2.45, 2.75) is 33.2 Å². The predicted octanol–water partition coefficient (Wildman–Crippen LogP) is 4.14. The summed E-state index contributed by atoms with van der Waals surface area (Å²) in [4.78, 5) is 0. The first kappa shape index (κ1) is 22.4. The summed E-state index contributed by atoms with van der Waals surface area (Å²) in [6.45, 7) is 8.08. The van der Waals surface area contributed by atoms with E-state index in [1.807, 2.05) is 36.4 Å². The van der Waals surface area contributed by atoms with Gasteiger partial charge in [-0.25, -0.2) is 0 Å². The highest BCUT2D eigenvalue weighted by atomic mass is 17.0. The SMILES string of the molecule is CC1(COCc2ccccc2)COC2(OC1)OCC(C)(COCc1ccccc1)CO2. The molecular weight excluding hydrogens is 396 g/mol. The Morgan fingerprint density at radius 3 is 1.32 bits per heavy atom. The molecule has 1 spiro atoms. The van der Waals surface area contributed by atoms with Gasteiger partial charge >= 0.3 is 6.16 Å². The first-order valence-electron chi connectivity index (χ1n) is 10.8. The Labute approximate surface area is 184 Å². The van der Waals surface area contributed by atoms with Crippen LogP contribution in [-0.4, -0.2) is 45.8 Å². The molecular formula is C25H32O6. The van der Waals surface area contributed by atoms with E-state index in [2.05, 4.69) is 38.1 Å². The first-order chi connectivity index (χ1) is 15.0. The molecule has 2 fully saturated rings. The molecule has 2 heterocycles. The molecule has 0 N–H and O–H groups in total. The highest BCUT2D eigenvalue weighted by Crippen LogP contribution is 2.37. The van der Waals surface area contributed by atoms with Gasteiger partial charge in [0, 0.05) is 10.8 Å². The lowest BCUT2D eigenvalue weighted by molar-refractivity contribution is -0.547. The Hall–Kier alpha value is -1.80. The van der Waals surface area contributed by atoms with Crippen LogP contribution in [0.5, 0.6) is 0 Å². The third-order valence-corrected chi connectivity index (χ3v) is 5.51. The molecule has 2 aliphatic heterocycles. The van der Waals surface area contributed by atoms with E-state index >= 15 is 0 Å². The van der Waals surface area contributed by atoms with Gasteiger partial charge in [0.15, 0.2) is 0 Å². The number of benzene rings is 2. The molecule has 31 heavy (non-hydrogen) atoms. The monoisotopic (exact) mass is 428 g/mol. The van der Waals surface area contributed by atoms with E-state index in [0.29, 0.717) is 52.9 Å². The zero-order valence-corrected chi connectivity index (χ0v) is 18.4. The van der Waals surface area contributed by atoms with Crippen LogP contribution >= 0.6 is 0 Å². The van der Waals surface area contributed by atoms with Crippen molar-refractivity contribution in [2.24, 2.45) is 10.8 Å². The lowest BCUT2D eigenvalue weighted by Crippen LogP contribution is -2.58. The van der Waals surface area contributed by atoms with Gasteiger partial charge in [-0.3, -0.25) is 0 Å². The molecule has 0 aliphatic carbocycles. The summed E-state index contributed by atoms with van der Waals surface area (Å²) in [5, 5.41) is 0. The molecule has 0 aromatic heterocycles. The molecule has 2 aromatic carbocycles. The molecule has 2 aromatic rings. The number of rotatable bonds is 8. The van der Waals surface area contributed by atoms with E-state index in [-0.39, 0.29) is 10.8 Å². The third kappa shape index (κ3) is 6.13. The summed E-state index contributed by atoms with van der Waals surface area (Å²) >= 11 is 0. The number of hydrogen-bond donors (Lipinski definition) is 0. The molecule has 168 valence electrons. The van der Waals surface area contributed by atoms with Gasteiger partial charge in [-0.2, -0.15) is 0 Å². The zero-order chi connectivity index (χ0) is 21.6. The van der Waals surface area contributed by atoms with Crippen molar-refractivity contribution in [3.8, 4) is 0 Å². The van der Waals surface area contributed by atoms with Gasteiger partial charge in [0.2, 0.25) is 0 Å². The maximum absolute atomic E-state index is 5.90. The smallest absolute Gasteiger partial charge is 0.376 e. The van der Waals surface area contributed by atoms with Crippen LogP contribution in [0.1, 0.15) is 25.0 Å². The highest BCUT2D eigenvalue weighted by Gasteiger charge is 2.50. The largest absolute Gasteiger partial charge is 0.412 e. The lowest BCUT2D eigenvalue weighted by Gasteiger charge is -2.47. The van der Waals surface area contributed by atoms with Crippen LogP contribution in [0.15, 0.2) is 60.7 Å². The van der Waals surface area contributed by atoms with Crippen molar-refractivity contribution in [3.63, 3.8) is 0 Å². The van der Waals surface area contributed by atoms with Crippen LogP contribution in [0, 0.1) is 10.8 Å². The van der Waals surface area contributed by atoms with Crippen LogP contribution in [0.25, 0.3) is 0 Å². The first-order valence-corrected chi connectivity index (χ1v) is 10.8. The van der Waals surface area contributed by atoms with Gasteiger partial charge in [0.1, 0.15) is 0 Å². The standard InChI is InChI=1S/C25H32O6/c1-23(15-26-13-21-9-5-3-6-10-21)17-28-25(29-18-23)30-19-24(2,20-31-25)16-27-14-22-11-7-4-8-12-22/h3-12H,13-20H2,1-2H3. The summed E-state index contributed by atoms with van der Waals surface area (Å²) in [5.41, 5.74) is 1.78. The van der Waals surface area contributed by atoms with E-state index in [0.717, 1.165) is 11.1 Å². The lowest BCUT2D eigenvalue weighted by atomic mass is 9.92. The number of ether oxygens (including phenoxy) is 6. The molecule has 0 atom stereocenters. The van der Waals surface area contributed by atoms with Gasteiger partial charge < -0.3 is 28.4 Å². The molecule has 0 amide bonds. The fraction of sp³-hybridized carbons (Fsp3) is 0.520. The van der Waals surface area contributed by atoms with E-state index in [9.17, 15) is 0 Å². The summed E-state index contributed by atoms with van der Waals surface area (Å²) in [7, 11) is 0. The van der Waals surface area contributed by atoms with Crippen molar-refractivity contribution in [1.29, 1.82) is 0 Å². The minimum absolute atomic E-state index is 0.258. The van der Waals surface area contributed by atoms with E-state index in [1.54, 1.807) is 0 Å². The highest BCUT2D eigenvalue weighted by molar-refractivity contribution is 5.14. The molecule has 6 heteroatoms. The van der Waals surface area contributed by atoms with Crippen LogP contribution in [0.2, 0.25) is 0 Å². The topological polar surface area (TPSA) is 55.4 Å². The third-order valence-electron chi connectivity index (χ3n) is 5.51. The van der Waals surface area contributed by atoms with Crippen molar-refractivity contribution in [1.82, 2.24) is 0 Å². The second kappa shape index (κ2) is 9.77. The summed E-state index contributed by atoms with van der Waals surface area (Å²) in [6, 6.07) is 20.2. The summed E-state index contributed by atoms with van der Waals surface area (Å²) in [5.74, 6) is 0. The molecule has 6 nitrogen and oxygen atoms in total. The average Bonchev–Trinajstić information content (AvgIpc) is 2.80. The van der Waals surface area contributed by atoms with Crippen molar-refractivity contribution < 1.29 is 28.4 Å². The Kier molecular flexibility index (Phi) is 7.06. The maximum Gasteiger partial charge on any atom is 0.412 e. The predicted molar refractivity (Wildman–Crippen MR) is 115 cm³/mol. The van der Waals surface area contributed by atoms with Crippen LogP contribution < -0.4 is 0 Å².